The molecule has 7 nitrogen and oxygen atoms in total. The smallest absolute Gasteiger partial charge is 0.269 e. The fraction of sp³-hybridized carbons (Fsp3) is 0.619. The first-order valence-corrected chi connectivity index (χ1v) is 12.6. The molecule has 1 aromatic carbocycles. The Morgan fingerprint density at radius 2 is 1.77 bits per heavy atom. The number of carbonyl (C=O) groups excluding carboxylic acids is 1. The standard InChI is InChI=1S/C21H32N4O3S2/c1-15-8-4-5-9-18(15)22-21(29)24-23-20(26)17-11-10-16(2)19(14-17)30(27,28)25-12-6-3-7-13-25/h10-11,14-15,18H,3-9,12-13H2,1-2H3,(H,23,26)(H2,22,24,29). The molecule has 2 aliphatic rings. The van der Waals surface area contributed by atoms with Crippen molar-refractivity contribution in [3.63, 3.8) is 0 Å². The summed E-state index contributed by atoms with van der Waals surface area (Å²) < 4.78 is 27.6. The second-order valence-corrected chi connectivity index (χ2v) is 10.7. The van der Waals surface area contributed by atoms with Crippen LogP contribution in [0.1, 0.15) is 67.8 Å². The van der Waals surface area contributed by atoms with E-state index in [1.807, 2.05) is 0 Å². The molecule has 1 heterocycles. The molecule has 0 radical (unpaired) electrons. The van der Waals surface area contributed by atoms with E-state index in [-0.39, 0.29) is 10.5 Å². The van der Waals surface area contributed by atoms with E-state index in [4.69, 9.17) is 12.2 Å². The quantitative estimate of drug-likeness (QED) is 0.481. The lowest BCUT2D eigenvalue weighted by Crippen LogP contribution is -2.51. The van der Waals surface area contributed by atoms with Crippen LogP contribution in [0.5, 0.6) is 0 Å². The van der Waals surface area contributed by atoms with Crippen LogP contribution in [0.4, 0.5) is 0 Å². The molecule has 1 amide bonds. The molecule has 1 aliphatic heterocycles. The van der Waals surface area contributed by atoms with Crippen molar-refractivity contribution in [2.45, 2.75) is 69.7 Å². The van der Waals surface area contributed by atoms with E-state index in [1.165, 1.54) is 29.6 Å². The van der Waals surface area contributed by atoms with Gasteiger partial charge in [0.05, 0.1) is 4.90 Å². The van der Waals surface area contributed by atoms with Crippen molar-refractivity contribution in [2.24, 2.45) is 5.92 Å². The summed E-state index contributed by atoms with van der Waals surface area (Å²) in [4.78, 5) is 12.8. The summed E-state index contributed by atoms with van der Waals surface area (Å²) in [6.07, 6.45) is 7.43. The minimum absolute atomic E-state index is 0.189. The zero-order valence-corrected chi connectivity index (χ0v) is 19.4. The van der Waals surface area contributed by atoms with Gasteiger partial charge >= 0.3 is 0 Å². The van der Waals surface area contributed by atoms with E-state index in [0.717, 1.165) is 25.7 Å². The Morgan fingerprint density at radius 3 is 2.47 bits per heavy atom. The molecular weight excluding hydrogens is 420 g/mol. The predicted molar refractivity (Wildman–Crippen MR) is 122 cm³/mol. The van der Waals surface area contributed by atoms with Crippen LogP contribution in [0.15, 0.2) is 23.1 Å². The van der Waals surface area contributed by atoms with Gasteiger partial charge in [-0.2, -0.15) is 4.31 Å². The molecular formula is C21H32N4O3S2. The van der Waals surface area contributed by atoms with Crippen molar-refractivity contribution < 1.29 is 13.2 Å². The summed E-state index contributed by atoms with van der Waals surface area (Å²) in [7, 11) is -3.61. The maximum absolute atomic E-state index is 13.0. The summed E-state index contributed by atoms with van der Waals surface area (Å²) in [5.74, 6) is 0.111. The van der Waals surface area contributed by atoms with Crippen LogP contribution in [-0.4, -0.2) is 42.9 Å². The van der Waals surface area contributed by atoms with Crippen LogP contribution in [0.25, 0.3) is 0 Å². The van der Waals surface area contributed by atoms with Crippen molar-refractivity contribution in [2.75, 3.05) is 13.1 Å². The zero-order valence-electron chi connectivity index (χ0n) is 17.7. The van der Waals surface area contributed by atoms with E-state index in [2.05, 4.69) is 23.1 Å². The molecule has 3 rings (SSSR count). The fourth-order valence-corrected chi connectivity index (χ4v) is 6.15. The zero-order chi connectivity index (χ0) is 21.7. The Kier molecular flexibility index (Phi) is 7.70. The molecule has 0 aromatic heterocycles. The van der Waals surface area contributed by atoms with Crippen LogP contribution in [-0.2, 0) is 10.0 Å². The molecule has 166 valence electrons. The highest BCUT2D eigenvalue weighted by Gasteiger charge is 2.28. The van der Waals surface area contributed by atoms with E-state index >= 15 is 0 Å². The molecule has 2 fully saturated rings. The van der Waals surface area contributed by atoms with Gasteiger partial charge in [-0.3, -0.25) is 15.6 Å². The van der Waals surface area contributed by atoms with E-state index in [9.17, 15) is 13.2 Å². The Morgan fingerprint density at radius 1 is 1.07 bits per heavy atom. The molecule has 0 bridgehead atoms. The van der Waals surface area contributed by atoms with Gasteiger partial charge in [0.15, 0.2) is 5.11 Å². The van der Waals surface area contributed by atoms with Crippen molar-refractivity contribution in [3.8, 4) is 0 Å². The third-order valence-corrected chi connectivity index (χ3v) is 8.36. The maximum Gasteiger partial charge on any atom is 0.269 e. The van der Waals surface area contributed by atoms with Crippen molar-refractivity contribution >= 4 is 33.3 Å². The Bertz CT molecular complexity index is 882. The number of aryl methyl sites for hydroxylation is 1. The predicted octanol–water partition coefficient (Wildman–Crippen LogP) is 2.86. The normalized spacial score (nSPS) is 22.9. The van der Waals surface area contributed by atoms with Gasteiger partial charge in [-0.25, -0.2) is 8.42 Å². The lowest BCUT2D eigenvalue weighted by Gasteiger charge is -2.30. The van der Waals surface area contributed by atoms with Crippen LogP contribution < -0.4 is 16.2 Å². The van der Waals surface area contributed by atoms with E-state index in [1.54, 1.807) is 19.1 Å². The average molecular weight is 453 g/mol. The Balaban J connectivity index is 1.63. The monoisotopic (exact) mass is 452 g/mol. The molecule has 0 spiro atoms. The van der Waals surface area contributed by atoms with Crippen LogP contribution in [0, 0.1) is 12.8 Å². The number of sulfonamides is 1. The maximum atomic E-state index is 13.0. The molecule has 3 N–H and O–H groups in total. The number of carbonyl (C=O) groups is 1. The average Bonchev–Trinajstić information content (AvgIpc) is 2.74. The Hall–Kier alpha value is -1.71. The molecule has 30 heavy (non-hydrogen) atoms. The van der Waals surface area contributed by atoms with E-state index < -0.39 is 15.9 Å². The SMILES string of the molecule is Cc1ccc(C(=O)NNC(=S)NC2CCCCC2C)cc1S(=O)(=O)N1CCCCC1. The van der Waals surface area contributed by atoms with Gasteiger partial charge in [-0.1, -0.05) is 32.3 Å². The number of nitrogens with zero attached hydrogens (tertiary/aromatic N) is 1. The van der Waals surface area contributed by atoms with Crippen LogP contribution in [0.2, 0.25) is 0 Å². The van der Waals surface area contributed by atoms with E-state index in [0.29, 0.717) is 35.7 Å². The first-order valence-electron chi connectivity index (χ1n) is 10.8. The fourth-order valence-electron chi connectivity index (χ4n) is 4.18. The summed E-state index contributed by atoms with van der Waals surface area (Å²) in [5, 5.41) is 3.64. The number of hydrogen-bond donors (Lipinski definition) is 3. The highest BCUT2D eigenvalue weighted by atomic mass is 32.2. The first kappa shape index (κ1) is 23.0. The second-order valence-electron chi connectivity index (χ2n) is 8.37. The van der Waals surface area contributed by atoms with Gasteiger partial charge in [0.2, 0.25) is 10.0 Å². The highest BCUT2D eigenvalue weighted by molar-refractivity contribution is 7.89. The number of amides is 1. The molecule has 2 unspecified atom stereocenters. The summed E-state index contributed by atoms with van der Waals surface area (Å²) >= 11 is 5.31. The molecule has 1 aromatic rings. The van der Waals surface area contributed by atoms with Gasteiger partial charge in [-0.15, -0.1) is 0 Å². The van der Waals surface area contributed by atoms with Crippen molar-refractivity contribution in [1.29, 1.82) is 0 Å². The summed E-state index contributed by atoms with van der Waals surface area (Å²) in [5.41, 5.74) is 6.23. The number of rotatable bonds is 4. The molecule has 9 heteroatoms. The van der Waals surface area contributed by atoms with Crippen LogP contribution in [0.3, 0.4) is 0 Å². The summed E-state index contributed by atoms with van der Waals surface area (Å²) in [6, 6.07) is 5.06. The topological polar surface area (TPSA) is 90.5 Å². The lowest BCUT2D eigenvalue weighted by atomic mass is 9.86. The van der Waals surface area contributed by atoms with Gasteiger partial charge < -0.3 is 5.32 Å². The molecule has 1 saturated heterocycles. The molecule has 1 aliphatic carbocycles. The van der Waals surface area contributed by atoms with Gasteiger partial charge in [0.1, 0.15) is 0 Å². The molecule has 2 atom stereocenters. The number of thiocarbonyl (C=S) groups is 1. The second kappa shape index (κ2) is 10.1. The largest absolute Gasteiger partial charge is 0.358 e. The number of piperidine rings is 1. The van der Waals surface area contributed by atoms with Gasteiger partial charge in [-0.05, 0) is 68.4 Å². The summed E-state index contributed by atoms with van der Waals surface area (Å²) in [6.45, 7) is 5.01. The number of nitrogens with one attached hydrogen (secondary N) is 3. The third-order valence-electron chi connectivity index (χ3n) is 6.10. The minimum atomic E-state index is -3.61. The highest BCUT2D eigenvalue weighted by Crippen LogP contribution is 2.25. The number of benzene rings is 1. The lowest BCUT2D eigenvalue weighted by molar-refractivity contribution is 0.0943. The van der Waals surface area contributed by atoms with Gasteiger partial charge in [0.25, 0.3) is 5.91 Å². The third kappa shape index (κ3) is 5.50. The number of hydrazine groups is 1. The van der Waals surface area contributed by atoms with Crippen molar-refractivity contribution in [3.05, 3.63) is 29.3 Å². The first-order chi connectivity index (χ1) is 14.3. The Labute approximate surface area is 185 Å². The minimum Gasteiger partial charge on any atom is -0.358 e. The molecule has 1 saturated carbocycles. The van der Waals surface area contributed by atoms with Crippen LogP contribution >= 0.6 is 12.2 Å². The number of hydrogen-bond acceptors (Lipinski definition) is 4. The van der Waals surface area contributed by atoms with Gasteiger partial charge in [0, 0.05) is 24.7 Å². The van der Waals surface area contributed by atoms with Crippen molar-refractivity contribution in [1.82, 2.24) is 20.5 Å².